The van der Waals surface area contributed by atoms with E-state index in [2.05, 4.69) is 20.3 Å². The van der Waals surface area contributed by atoms with E-state index in [4.69, 9.17) is 11.6 Å². The van der Waals surface area contributed by atoms with Gasteiger partial charge < -0.3 is 5.32 Å². The van der Waals surface area contributed by atoms with Gasteiger partial charge in [-0.3, -0.25) is 4.98 Å². The maximum Gasteiger partial charge on any atom is 0.163 e. The zero-order valence-electron chi connectivity index (χ0n) is 13.9. The SMILES string of the molecule is CNc1nc(-c2cccnc2)nc2ccc(-c3cccc(Cl)c3)c(F)c12. The van der Waals surface area contributed by atoms with Crippen molar-refractivity contribution in [1.82, 2.24) is 15.0 Å². The van der Waals surface area contributed by atoms with E-state index in [-0.39, 0.29) is 5.82 Å². The number of hydrogen-bond acceptors (Lipinski definition) is 4. The molecule has 6 heteroatoms. The number of rotatable bonds is 3. The van der Waals surface area contributed by atoms with Gasteiger partial charge in [-0.05, 0) is 42.0 Å². The zero-order valence-corrected chi connectivity index (χ0v) is 14.6. The van der Waals surface area contributed by atoms with Crippen molar-refractivity contribution in [2.75, 3.05) is 12.4 Å². The molecule has 0 spiro atoms. The van der Waals surface area contributed by atoms with E-state index in [0.29, 0.717) is 38.7 Å². The second kappa shape index (κ2) is 6.69. The van der Waals surface area contributed by atoms with Gasteiger partial charge in [-0.1, -0.05) is 23.7 Å². The van der Waals surface area contributed by atoms with Crippen LogP contribution in [-0.4, -0.2) is 22.0 Å². The van der Waals surface area contributed by atoms with Crippen molar-refractivity contribution in [1.29, 1.82) is 0 Å². The average molecular weight is 365 g/mol. The van der Waals surface area contributed by atoms with Gasteiger partial charge in [0.15, 0.2) is 5.82 Å². The Hall–Kier alpha value is -3.05. The lowest BCUT2D eigenvalue weighted by Gasteiger charge is -2.12. The van der Waals surface area contributed by atoms with Gasteiger partial charge in [0, 0.05) is 35.6 Å². The van der Waals surface area contributed by atoms with E-state index in [1.807, 2.05) is 18.2 Å². The molecule has 0 atom stereocenters. The maximum atomic E-state index is 15.3. The second-order valence-electron chi connectivity index (χ2n) is 5.72. The van der Waals surface area contributed by atoms with Crippen LogP contribution in [0.25, 0.3) is 33.4 Å². The Morgan fingerprint density at radius 2 is 1.85 bits per heavy atom. The summed E-state index contributed by atoms with van der Waals surface area (Å²) < 4.78 is 15.3. The number of benzene rings is 2. The van der Waals surface area contributed by atoms with Gasteiger partial charge >= 0.3 is 0 Å². The van der Waals surface area contributed by atoms with E-state index < -0.39 is 0 Å². The lowest BCUT2D eigenvalue weighted by atomic mass is 10.0. The summed E-state index contributed by atoms with van der Waals surface area (Å²) in [5, 5.41) is 3.87. The number of pyridine rings is 1. The molecule has 128 valence electrons. The minimum absolute atomic E-state index is 0.345. The number of aromatic nitrogens is 3. The Kier molecular flexibility index (Phi) is 4.22. The van der Waals surface area contributed by atoms with Crippen molar-refractivity contribution < 1.29 is 4.39 Å². The predicted molar refractivity (Wildman–Crippen MR) is 103 cm³/mol. The average Bonchev–Trinajstić information content (AvgIpc) is 2.68. The maximum absolute atomic E-state index is 15.3. The summed E-state index contributed by atoms with van der Waals surface area (Å²) in [7, 11) is 1.71. The molecule has 2 heterocycles. The standard InChI is InChI=1S/C20H14ClFN4/c1-23-20-17-16(25-19(26-20)13-5-3-9-24-11-13)8-7-15(18(17)22)12-4-2-6-14(21)10-12/h2-11H,1H3,(H,23,25,26). The van der Waals surface area contributed by atoms with Crippen LogP contribution in [0.4, 0.5) is 10.2 Å². The van der Waals surface area contributed by atoms with Gasteiger partial charge in [0.25, 0.3) is 0 Å². The molecule has 0 aliphatic rings. The summed E-state index contributed by atoms with van der Waals surface area (Å²) in [5.74, 6) is 0.534. The third-order valence-corrected chi connectivity index (χ3v) is 4.33. The summed E-state index contributed by atoms with van der Waals surface area (Å²) in [5.41, 5.74) is 2.45. The first kappa shape index (κ1) is 16.4. The van der Waals surface area contributed by atoms with Gasteiger partial charge in [-0.2, -0.15) is 0 Å². The molecule has 4 rings (SSSR count). The fourth-order valence-corrected chi connectivity index (χ4v) is 3.06. The van der Waals surface area contributed by atoms with Crippen molar-refractivity contribution in [2.45, 2.75) is 0 Å². The van der Waals surface area contributed by atoms with Gasteiger partial charge in [0.05, 0.1) is 10.9 Å². The molecule has 0 fully saturated rings. The van der Waals surface area contributed by atoms with E-state index in [9.17, 15) is 0 Å². The Morgan fingerprint density at radius 3 is 2.58 bits per heavy atom. The van der Waals surface area contributed by atoms with Gasteiger partial charge in [-0.15, -0.1) is 0 Å². The van der Waals surface area contributed by atoms with Crippen molar-refractivity contribution >= 4 is 28.3 Å². The summed E-state index contributed by atoms with van der Waals surface area (Å²) >= 11 is 6.05. The van der Waals surface area contributed by atoms with Crippen molar-refractivity contribution in [3.63, 3.8) is 0 Å². The summed E-state index contributed by atoms with van der Waals surface area (Å²) in [6, 6.07) is 14.3. The molecule has 0 bridgehead atoms. The van der Waals surface area contributed by atoms with Crippen molar-refractivity contribution in [3.8, 4) is 22.5 Å². The first-order valence-corrected chi connectivity index (χ1v) is 8.39. The number of hydrogen-bond donors (Lipinski definition) is 1. The zero-order chi connectivity index (χ0) is 18.1. The monoisotopic (exact) mass is 364 g/mol. The number of fused-ring (bicyclic) bond motifs is 1. The molecule has 1 N–H and O–H groups in total. The molecule has 0 aliphatic heterocycles. The summed E-state index contributed by atoms with van der Waals surface area (Å²) in [6.45, 7) is 0. The molecule has 0 aliphatic carbocycles. The molecule has 0 saturated heterocycles. The number of halogens is 2. The number of nitrogens with zero attached hydrogens (tertiary/aromatic N) is 3. The number of anilines is 1. The Morgan fingerprint density at radius 1 is 1.00 bits per heavy atom. The van der Waals surface area contributed by atoms with Crippen LogP contribution in [0.1, 0.15) is 0 Å². The molecule has 0 radical (unpaired) electrons. The molecule has 0 saturated carbocycles. The Balaban J connectivity index is 1.95. The highest BCUT2D eigenvalue weighted by atomic mass is 35.5. The van der Waals surface area contributed by atoms with Crippen LogP contribution in [0.3, 0.4) is 0 Å². The lowest BCUT2D eigenvalue weighted by molar-refractivity contribution is 0.643. The highest BCUT2D eigenvalue weighted by Gasteiger charge is 2.16. The Bertz CT molecular complexity index is 1100. The van der Waals surface area contributed by atoms with E-state index >= 15 is 4.39 Å². The Labute approximate surface area is 154 Å². The molecular weight excluding hydrogens is 351 g/mol. The normalized spacial score (nSPS) is 10.9. The van der Waals surface area contributed by atoms with Crippen molar-refractivity contribution in [3.05, 3.63) is 71.8 Å². The third-order valence-electron chi connectivity index (χ3n) is 4.09. The van der Waals surface area contributed by atoms with Gasteiger partial charge in [0.1, 0.15) is 11.6 Å². The van der Waals surface area contributed by atoms with E-state index in [1.165, 1.54) is 0 Å². The van der Waals surface area contributed by atoms with Crippen LogP contribution in [0.15, 0.2) is 60.9 Å². The highest BCUT2D eigenvalue weighted by Crippen LogP contribution is 2.33. The smallest absolute Gasteiger partial charge is 0.163 e. The topological polar surface area (TPSA) is 50.7 Å². The minimum atomic E-state index is -0.383. The van der Waals surface area contributed by atoms with Crippen LogP contribution >= 0.6 is 11.6 Å². The predicted octanol–water partition coefficient (Wildman–Crippen LogP) is 5.19. The van der Waals surface area contributed by atoms with Crippen LogP contribution in [0.2, 0.25) is 5.02 Å². The van der Waals surface area contributed by atoms with E-state index in [0.717, 1.165) is 5.56 Å². The van der Waals surface area contributed by atoms with Crippen molar-refractivity contribution in [2.24, 2.45) is 0 Å². The number of nitrogens with one attached hydrogen (secondary N) is 1. The quantitative estimate of drug-likeness (QED) is 0.543. The minimum Gasteiger partial charge on any atom is -0.372 e. The van der Waals surface area contributed by atoms with Crippen LogP contribution in [0.5, 0.6) is 0 Å². The molecule has 0 amide bonds. The van der Waals surface area contributed by atoms with Crippen LogP contribution < -0.4 is 5.32 Å². The summed E-state index contributed by atoms with van der Waals surface area (Å²) in [6.07, 6.45) is 3.36. The highest BCUT2D eigenvalue weighted by molar-refractivity contribution is 6.30. The van der Waals surface area contributed by atoms with E-state index in [1.54, 1.807) is 49.8 Å². The molecule has 4 nitrogen and oxygen atoms in total. The third kappa shape index (κ3) is 2.86. The lowest BCUT2D eigenvalue weighted by Crippen LogP contribution is -2.01. The molecular formula is C20H14ClFN4. The first-order valence-electron chi connectivity index (χ1n) is 8.01. The first-order chi connectivity index (χ1) is 12.7. The fourth-order valence-electron chi connectivity index (χ4n) is 2.87. The molecule has 2 aromatic carbocycles. The fraction of sp³-hybridized carbons (Fsp3) is 0.0500. The molecule has 2 aromatic heterocycles. The van der Waals surface area contributed by atoms with Crippen LogP contribution in [-0.2, 0) is 0 Å². The molecule has 4 aromatic rings. The van der Waals surface area contributed by atoms with Gasteiger partial charge in [-0.25, -0.2) is 14.4 Å². The summed E-state index contributed by atoms with van der Waals surface area (Å²) in [4.78, 5) is 13.1. The van der Waals surface area contributed by atoms with Gasteiger partial charge in [0.2, 0.25) is 0 Å². The molecule has 0 unspecified atom stereocenters. The largest absolute Gasteiger partial charge is 0.372 e. The second-order valence-corrected chi connectivity index (χ2v) is 6.16. The van der Waals surface area contributed by atoms with Crippen LogP contribution in [0, 0.1) is 5.82 Å². The molecule has 26 heavy (non-hydrogen) atoms.